The van der Waals surface area contributed by atoms with E-state index in [0.29, 0.717) is 12.6 Å². The quantitative estimate of drug-likeness (QED) is 0.873. The Hall–Kier alpha value is -1.33. The molecule has 20 heavy (non-hydrogen) atoms. The minimum Gasteiger partial charge on any atom is -0.486 e. The predicted molar refractivity (Wildman–Crippen MR) is 81.6 cm³/mol. The summed E-state index contributed by atoms with van der Waals surface area (Å²) < 4.78 is 8.54. The first kappa shape index (κ1) is 15.1. The van der Waals surface area contributed by atoms with Crippen LogP contribution in [-0.2, 0) is 13.2 Å². The van der Waals surface area contributed by atoms with Crippen molar-refractivity contribution in [2.75, 3.05) is 0 Å². The summed E-state index contributed by atoms with van der Waals surface area (Å²) in [5.41, 5.74) is 1.76. The van der Waals surface area contributed by atoms with Gasteiger partial charge in [0.2, 0.25) is 0 Å². The highest BCUT2D eigenvalue weighted by Gasteiger charge is 2.07. The molecule has 2 aromatic rings. The van der Waals surface area contributed by atoms with Gasteiger partial charge in [-0.2, -0.15) is 5.10 Å². The maximum atomic E-state index is 9.06. The van der Waals surface area contributed by atoms with Gasteiger partial charge in [0.1, 0.15) is 12.4 Å². The molecule has 0 saturated heterocycles. The van der Waals surface area contributed by atoms with Gasteiger partial charge in [0.15, 0.2) is 0 Å². The smallest absolute Gasteiger partial charge is 0.134 e. The number of aliphatic hydroxyl groups excluding tert-OH is 1. The molecule has 0 amide bonds. The van der Waals surface area contributed by atoms with Crippen molar-refractivity contribution in [1.29, 1.82) is 0 Å². The van der Waals surface area contributed by atoms with E-state index in [1.807, 2.05) is 35.1 Å². The molecule has 0 aliphatic carbocycles. The molecule has 108 valence electrons. The van der Waals surface area contributed by atoms with Crippen molar-refractivity contribution in [3.05, 3.63) is 46.2 Å². The van der Waals surface area contributed by atoms with Gasteiger partial charge in [0.25, 0.3) is 0 Å². The third kappa shape index (κ3) is 3.61. The summed E-state index contributed by atoms with van der Waals surface area (Å²) in [5, 5.41) is 13.6. The molecule has 0 saturated carbocycles. The molecule has 0 aliphatic rings. The van der Waals surface area contributed by atoms with Crippen LogP contribution in [0.25, 0.3) is 0 Å². The minimum atomic E-state index is 0.0260. The van der Waals surface area contributed by atoms with Gasteiger partial charge in [-0.3, -0.25) is 4.68 Å². The minimum absolute atomic E-state index is 0.0260. The number of hydrogen-bond donors (Lipinski definition) is 1. The van der Waals surface area contributed by atoms with E-state index < -0.39 is 0 Å². The predicted octanol–water partition coefficient (Wildman–Crippen LogP) is 3.69. The third-order valence-electron chi connectivity index (χ3n) is 3.26. The second-order valence-electron chi connectivity index (χ2n) is 4.76. The lowest BCUT2D eigenvalue weighted by atomic mass is 10.2. The second-order valence-corrected chi connectivity index (χ2v) is 5.61. The van der Waals surface area contributed by atoms with E-state index in [1.54, 1.807) is 0 Å². The lowest BCUT2D eigenvalue weighted by Gasteiger charge is -2.09. The van der Waals surface area contributed by atoms with Gasteiger partial charge in [0, 0.05) is 12.2 Å². The van der Waals surface area contributed by atoms with E-state index in [1.165, 1.54) is 0 Å². The van der Waals surface area contributed by atoms with Crippen molar-refractivity contribution in [1.82, 2.24) is 9.78 Å². The monoisotopic (exact) mass is 338 g/mol. The van der Waals surface area contributed by atoms with Gasteiger partial charge in [-0.25, -0.2) is 0 Å². The number of halogens is 1. The Bertz CT molecular complexity index is 569. The summed E-state index contributed by atoms with van der Waals surface area (Å²) >= 11 is 3.44. The SMILES string of the molecule is CCC(C)n1ccc(COc2ccc(CO)cc2Br)n1. The van der Waals surface area contributed by atoms with Crippen LogP contribution in [0.1, 0.15) is 37.6 Å². The molecule has 0 radical (unpaired) electrons. The Morgan fingerprint density at radius 1 is 1.40 bits per heavy atom. The van der Waals surface area contributed by atoms with Crippen molar-refractivity contribution in [2.24, 2.45) is 0 Å². The Kier molecular flexibility index (Phi) is 5.20. The summed E-state index contributed by atoms with van der Waals surface area (Å²) in [6.45, 7) is 4.74. The number of benzene rings is 1. The van der Waals surface area contributed by atoms with E-state index in [-0.39, 0.29) is 6.61 Å². The van der Waals surface area contributed by atoms with E-state index in [4.69, 9.17) is 9.84 Å². The van der Waals surface area contributed by atoms with E-state index in [2.05, 4.69) is 34.9 Å². The lowest BCUT2D eigenvalue weighted by Crippen LogP contribution is -2.05. The number of aromatic nitrogens is 2. The molecule has 1 heterocycles. The Morgan fingerprint density at radius 3 is 2.85 bits per heavy atom. The first-order chi connectivity index (χ1) is 9.63. The first-order valence-electron chi connectivity index (χ1n) is 6.70. The van der Waals surface area contributed by atoms with Gasteiger partial charge in [-0.05, 0) is 53.0 Å². The molecule has 0 aliphatic heterocycles. The Balaban J connectivity index is 2.00. The first-order valence-corrected chi connectivity index (χ1v) is 7.49. The largest absolute Gasteiger partial charge is 0.486 e. The fourth-order valence-corrected chi connectivity index (χ4v) is 2.34. The van der Waals surface area contributed by atoms with Crippen LogP contribution in [0.15, 0.2) is 34.9 Å². The van der Waals surface area contributed by atoms with E-state index in [9.17, 15) is 0 Å². The summed E-state index contributed by atoms with van der Waals surface area (Å²) in [7, 11) is 0. The van der Waals surface area contributed by atoms with Gasteiger partial charge in [-0.15, -0.1) is 0 Å². The van der Waals surface area contributed by atoms with Crippen LogP contribution in [0.5, 0.6) is 5.75 Å². The van der Waals surface area contributed by atoms with Crippen LogP contribution < -0.4 is 4.74 Å². The molecule has 1 N–H and O–H groups in total. The van der Waals surface area contributed by atoms with E-state index >= 15 is 0 Å². The highest BCUT2D eigenvalue weighted by Crippen LogP contribution is 2.26. The van der Waals surface area contributed by atoms with Crippen molar-refractivity contribution >= 4 is 15.9 Å². The number of hydrogen-bond acceptors (Lipinski definition) is 3. The Morgan fingerprint density at radius 2 is 2.20 bits per heavy atom. The fraction of sp³-hybridized carbons (Fsp3) is 0.400. The fourth-order valence-electron chi connectivity index (χ4n) is 1.80. The second kappa shape index (κ2) is 6.90. The molecule has 1 unspecified atom stereocenters. The van der Waals surface area contributed by atoms with Crippen molar-refractivity contribution in [3.8, 4) is 5.75 Å². The van der Waals surface area contributed by atoms with Crippen molar-refractivity contribution in [3.63, 3.8) is 0 Å². The van der Waals surface area contributed by atoms with Gasteiger partial charge >= 0.3 is 0 Å². The lowest BCUT2D eigenvalue weighted by molar-refractivity contribution is 0.280. The Labute approximate surface area is 127 Å². The molecular formula is C15H19BrN2O2. The zero-order valence-corrected chi connectivity index (χ0v) is 13.3. The summed E-state index contributed by atoms with van der Waals surface area (Å²) in [4.78, 5) is 0. The van der Waals surface area contributed by atoms with Crippen LogP contribution in [0.2, 0.25) is 0 Å². The number of rotatable bonds is 6. The highest BCUT2D eigenvalue weighted by molar-refractivity contribution is 9.10. The van der Waals surface area contributed by atoms with Crippen LogP contribution in [0.4, 0.5) is 0 Å². The molecule has 0 bridgehead atoms. The normalized spacial score (nSPS) is 12.4. The van der Waals surface area contributed by atoms with Crippen LogP contribution in [0, 0.1) is 0 Å². The van der Waals surface area contributed by atoms with Crippen LogP contribution >= 0.6 is 15.9 Å². The average Bonchev–Trinajstić information content (AvgIpc) is 2.94. The standard InChI is InChI=1S/C15H19BrN2O2/c1-3-11(2)18-7-6-13(17-18)10-20-15-5-4-12(9-19)8-14(15)16/h4-8,11,19H,3,9-10H2,1-2H3. The number of ether oxygens (including phenoxy) is 1. The number of nitrogens with zero attached hydrogens (tertiary/aromatic N) is 2. The van der Waals surface area contributed by atoms with Crippen LogP contribution in [0.3, 0.4) is 0 Å². The molecule has 2 rings (SSSR count). The zero-order valence-electron chi connectivity index (χ0n) is 11.7. The summed E-state index contributed by atoms with van der Waals surface area (Å²) in [6, 6.07) is 7.92. The molecule has 4 nitrogen and oxygen atoms in total. The molecule has 1 aromatic carbocycles. The zero-order chi connectivity index (χ0) is 14.5. The number of aliphatic hydroxyl groups is 1. The maximum Gasteiger partial charge on any atom is 0.134 e. The topological polar surface area (TPSA) is 47.3 Å². The van der Waals surface area contributed by atoms with Crippen LogP contribution in [-0.4, -0.2) is 14.9 Å². The van der Waals surface area contributed by atoms with Gasteiger partial charge in [-0.1, -0.05) is 13.0 Å². The molecule has 5 heteroatoms. The molecule has 0 fully saturated rings. The van der Waals surface area contributed by atoms with Gasteiger partial charge in [0.05, 0.1) is 16.8 Å². The molecule has 0 spiro atoms. The molecular weight excluding hydrogens is 320 g/mol. The summed E-state index contributed by atoms with van der Waals surface area (Å²) in [6.07, 6.45) is 3.03. The maximum absolute atomic E-state index is 9.06. The molecule has 1 atom stereocenters. The van der Waals surface area contributed by atoms with Crippen molar-refractivity contribution < 1.29 is 9.84 Å². The van der Waals surface area contributed by atoms with Crippen molar-refractivity contribution in [2.45, 2.75) is 39.5 Å². The van der Waals surface area contributed by atoms with E-state index in [0.717, 1.165) is 27.9 Å². The highest BCUT2D eigenvalue weighted by atomic mass is 79.9. The van der Waals surface area contributed by atoms with Gasteiger partial charge < -0.3 is 9.84 Å². The molecule has 1 aromatic heterocycles. The summed E-state index contributed by atoms with van der Waals surface area (Å²) in [5.74, 6) is 0.750. The average molecular weight is 339 g/mol. The third-order valence-corrected chi connectivity index (χ3v) is 3.88.